The molecule has 0 spiro atoms. The normalized spacial score (nSPS) is 37.6. The van der Waals surface area contributed by atoms with Gasteiger partial charge in [0, 0.05) is 6.54 Å². The lowest BCUT2D eigenvalue weighted by Gasteiger charge is -2.13. The highest BCUT2D eigenvalue weighted by molar-refractivity contribution is 5.01. The first-order chi connectivity index (χ1) is 3.77. The molecule has 8 heavy (non-hydrogen) atoms. The lowest BCUT2D eigenvalue weighted by Crippen LogP contribution is -2.27. The Morgan fingerprint density at radius 1 is 1.75 bits per heavy atom. The van der Waals surface area contributed by atoms with Crippen molar-refractivity contribution in [3.8, 4) is 0 Å². The van der Waals surface area contributed by atoms with Gasteiger partial charge in [0.2, 0.25) is 0 Å². The van der Waals surface area contributed by atoms with E-state index in [2.05, 4.69) is 11.9 Å². The second-order valence-corrected chi connectivity index (χ2v) is 2.23. The van der Waals surface area contributed by atoms with Crippen molar-refractivity contribution < 1.29 is 5.11 Å². The monoisotopic (exact) mass is 113 g/mol. The van der Waals surface area contributed by atoms with Crippen molar-refractivity contribution in [1.82, 2.24) is 5.32 Å². The van der Waals surface area contributed by atoms with Crippen LogP contribution in [0.2, 0.25) is 0 Å². The quantitative estimate of drug-likeness (QED) is 0.465. The highest BCUT2D eigenvalue weighted by Gasteiger charge is 2.26. The van der Waals surface area contributed by atoms with Crippen LogP contribution in [0.3, 0.4) is 0 Å². The fourth-order valence-electron chi connectivity index (χ4n) is 0.872. The lowest BCUT2D eigenvalue weighted by atomic mass is 10.1. The first-order valence-corrected chi connectivity index (χ1v) is 2.83. The molecule has 1 saturated heterocycles. The Hall–Kier alpha value is -0.340. The summed E-state index contributed by atoms with van der Waals surface area (Å²) in [5, 5.41) is 12.4. The van der Waals surface area contributed by atoms with Crippen LogP contribution in [0.4, 0.5) is 0 Å². The summed E-state index contributed by atoms with van der Waals surface area (Å²) in [7, 11) is 0. The number of β-amino-alcohol motifs (C(OH)–C–C–N with tert-alkyl or cyclic N) is 1. The molecule has 2 heteroatoms. The molecule has 1 aliphatic rings. The van der Waals surface area contributed by atoms with Gasteiger partial charge in [-0.2, -0.15) is 0 Å². The van der Waals surface area contributed by atoms with Crippen molar-refractivity contribution >= 4 is 0 Å². The molecular weight excluding hydrogens is 102 g/mol. The number of hydrogen-bond acceptors (Lipinski definition) is 2. The maximum Gasteiger partial charge on any atom is 0.0960 e. The molecule has 46 valence electrons. The third kappa shape index (κ3) is 0.904. The molecule has 1 aliphatic heterocycles. The second kappa shape index (κ2) is 1.88. The van der Waals surface area contributed by atoms with E-state index in [1.165, 1.54) is 0 Å². The lowest BCUT2D eigenvalue weighted by molar-refractivity contribution is 0.114. The Morgan fingerprint density at radius 2 is 2.50 bits per heavy atom. The van der Waals surface area contributed by atoms with Gasteiger partial charge in [-0.05, 0) is 13.0 Å². The van der Waals surface area contributed by atoms with Gasteiger partial charge in [-0.25, -0.2) is 0 Å². The smallest absolute Gasteiger partial charge is 0.0960 e. The first-order valence-electron chi connectivity index (χ1n) is 2.83. The van der Waals surface area contributed by atoms with E-state index in [4.69, 9.17) is 0 Å². The zero-order valence-electron chi connectivity index (χ0n) is 4.85. The minimum absolute atomic E-state index is 0.611. The molecule has 2 nitrogen and oxygen atoms in total. The molecule has 0 aliphatic carbocycles. The molecule has 0 bridgehead atoms. The molecule has 0 aromatic rings. The molecule has 1 unspecified atom stereocenters. The topological polar surface area (TPSA) is 32.3 Å². The first kappa shape index (κ1) is 5.79. The minimum Gasteiger partial charge on any atom is -0.384 e. The summed E-state index contributed by atoms with van der Waals surface area (Å²) in [5.41, 5.74) is -0.611. The molecule has 1 rings (SSSR count). The number of rotatable bonds is 1. The zero-order chi connectivity index (χ0) is 6.04. The van der Waals surface area contributed by atoms with E-state index in [1.807, 2.05) is 0 Å². The summed E-state index contributed by atoms with van der Waals surface area (Å²) in [4.78, 5) is 0. The molecule has 0 aromatic heterocycles. The van der Waals surface area contributed by atoms with Crippen LogP contribution >= 0.6 is 0 Å². The van der Waals surface area contributed by atoms with E-state index in [-0.39, 0.29) is 0 Å². The molecule has 0 radical (unpaired) electrons. The van der Waals surface area contributed by atoms with E-state index < -0.39 is 5.60 Å². The molecule has 1 atom stereocenters. The van der Waals surface area contributed by atoms with Gasteiger partial charge in [-0.1, -0.05) is 6.08 Å². The maximum atomic E-state index is 9.32. The standard InChI is InChI=1S/C6H11NO/c1-2-6(8)3-4-7-5-6/h2,7-8H,1,3-5H2. The van der Waals surface area contributed by atoms with Gasteiger partial charge in [0.25, 0.3) is 0 Å². The van der Waals surface area contributed by atoms with Crippen LogP contribution in [0, 0.1) is 0 Å². The predicted octanol–water partition coefficient (Wildman–Crippen LogP) is -0.103. The van der Waals surface area contributed by atoms with Gasteiger partial charge in [0.1, 0.15) is 0 Å². The second-order valence-electron chi connectivity index (χ2n) is 2.23. The van der Waals surface area contributed by atoms with Crippen molar-refractivity contribution in [2.45, 2.75) is 12.0 Å². The fraction of sp³-hybridized carbons (Fsp3) is 0.667. The number of hydrogen-bond donors (Lipinski definition) is 2. The fourth-order valence-corrected chi connectivity index (χ4v) is 0.872. The van der Waals surface area contributed by atoms with Crippen LogP contribution in [0.5, 0.6) is 0 Å². The summed E-state index contributed by atoms with van der Waals surface area (Å²) < 4.78 is 0. The molecule has 0 saturated carbocycles. The van der Waals surface area contributed by atoms with Crippen molar-refractivity contribution in [2.24, 2.45) is 0 Å². The summed E-state index contributed by atoms with van der Waals surface area (Å²) in [6.07, 6.45) is 2.41. The summed E-state index contributed by atoms with van der Waals surface area (Å²) in [5.74, 6) is 0. The molecular formula is C6H11NO. The van der Waals surface area contributed by atoms with Gasteiger partial charge in [-0.3, -0.25) is 0 Å². The Bertz CT molecular complexity index is 94.7. The Morgan fingerprint density at radius 3 is 2.75 bits per heavy atom. The van der Waals surface area contributed by atoms with E-state index in [0.717, 1.165) is 13.0 Å². The average Bonchev–Trinajstić information content (AvgIpc) is 2.17. The number of nitrogens with one attached hydrogen (secondary N) is 1. The Labute approximate surface area is 49.2 Å². The third-order valence-corrected chi connectivity index (χ3v) is 1.55. The minimum atomic E-state index is -0.611. The van der Waals surface area contributed by atoms with Gasteiger partial charge in [0.15, 0.2) is 0 Å². The third-order valence-electron chi connectivity index (χ3n) is 1.55. The molecule has 1 fully saturated rings. The molecule has 2 N–H and O–H groups in total. The molecule has 0 amide bonds. The maximum absolute atomic E-state index is 9.32. The van der Waals surface area contributed by atoms with Crippen LogP contribution in [-0.2, 0) is 0 Å². The Balaban J connectivity index is 2.52. The largest absolute Gasteiger partial charge is 0.384 e. The van der Waals surface area contributed by atoms with Gasteiger partial charge in [0.05, 0.1) is 5.60 Å². The molecule has 1 heterocycles. The van der Waals surface area contributed by atoms with Crippen LogP contribution in [0.25, 0.3) is 0 Å². The SMILES string of the molecule is C=CC1(O)CCNC1. The van der Waals surface area contributed by atoms with Crippen LogP contribution in [0.15, 0.2) is 12.7 Å². The van der Waals surface area contributed by atoms with Crippen LogP contribution in [-0.4, -0.2) is 23.8 Å². The van der Waals surface area contributed by atoms with Crippen molar-refractivity contribution in [3.05, 3.63) is 12.7 Å². The van der Waals surface area contributed by atoms with Gasteiger partial charge >= 0.3 is 0 Å². The van der Waals surface area contributed by atoms with Crippen molar-refractivity contribution in [3.63, 3.8) is 0 Å². The van der Waals surface area contributed by atoms with Crippen LogP contribution in [0.1, 0.15) is 6.42 Å². The van der Waals surface area contributed by atoms with Gasteiger partial charge < -0.3 is 10.4 Å². The summed E-state index contributed by atoms with van der Waals surface area (Å²) >= 11 is 0. The van der Waals surface area contributed by atoms with Crippen molar-refractivity contribution in [2.75, 3.05) is 13.1 Å². The van der Waals surface area contributed by atoms with E-state index in [0.29, 0.717) is 6.54 Å². The zero-order valence-corrected chi connectivity index (χ0v) is 4.85. The predicted molar refractivity (Wildman–Crippen MR) is 32.6 cm³/mol. The highest BCUT2D eigenvalue weighted by atomic mass is 16.3. The highest BCUT2D eigenvalue weighted by Crippen LogP contribution is 2.13. The van der Waals surface area contributed by atoms with E-state index in [9.17, 15) is 5.11 Å². The Kier molecular flexibility index (Phi) is 1.36. The number of aliphatic hydroxyl groups is 1. The van der Waals surface area contributed by atoms with E-state index >= 15 is 0 Å². The van der Waals surface area contributed by atoms with Gasteiger partial charge in [-0.15, -0.1) is 6.58 Å². The summed E-state index contributed by atoms with van der Waals surface area (Å²) in [6, 6.07) is 0. The van der Waals surface area contributed by atoms with Crippen molar-refractivity contribution in [1.29, 1.82) is 0 Å². The summed E-state index contributed by atoms with van der Waals surface area (Å²) in [6.45, 7) is 5.09. The van der Waals surface area contributed by atoms with Crippen LogP contribution < -0.4 is 5.32 Å². The van der Waals surface area contributed by atoms with E-state index in [1.54, 1.807) is 6.08 Å². The average molecular weight is 113 g/mol. The molecule has 0 aromatic carbocycles.